The number of hydrogen-bond acceptors (Lipinski definition) is 6. The Morgan fingerprint density at radius 1 is 0.923 bits per heavy atom. The summed E-state index contributed by atoms with van der Waals surface area (Å²) in [6.07, 6.45) is 3.14. The fourth-order valence-electron chi connectivity index (χ4n) is 6.39. The number of carbonyl (C=O) groups excluding carboxylic acids is 2. The number of amides is 1. The number of nitriles is 2. The molecule has 1 N–H and O–H groups in total. The normalized spacial score (nSPS) is 24.7. The van der Waals surface area contributed by atoms with E-state index in [1.165, 1.54) is 16.2 Å². The fourth-order valence-corrected chi connectivity index (χ4v) is 7.10. The molecule has 39 heavy (non-hydrogen) atoms. The zero-order chi connectivity index (χ0) is 27.7. The number of hydrogen-bond donors (Lipinski definition) is 1. The molecule has 1 aliphatic carbocycles. The van der Waals surface area contributed by atoms with E-state index >= 15 is 0 Å². The molecule has 196 valence electrons. The predicted molar refractivity (Wildman–Crippen MR) is 145 cm³/mol. The molecule has 1 saturated carbocycles. The molecule has 0 radical (unpaired) electrons. The van der Waals surface area contributed by atoms with Crippen LogP contribution < -0.4 is 0 Å². The quantitative estimate of drug-likeness (QED) is 0.403. The summed E-state index contributed by atoms with van der Waals surface area (Å²) in [6.45, 7) is 1.55. The number of carboxylic acid groups (broad SMARTS) is 1. The highest BCUT2D eigenvalue weighted by molar-refractivity contribution is 7.12. The van der Waals surface area contributed by atoms with E-state index in [2.05, 4.69) is 12.1 Å². The summed E-state index contributed by atoms with van der Waals surface area (Å²) in [6, 6.07) is 20.1. The molecule has 4 atom stereocenters. The van der Waals surface area contributed by atoms with Crippen LogP contribution in [0.1, 0.15) is 76.5 Å². The maximum absolute atomic E-state index is 14.3. The van der Waals surface area contributed by atoms with Crippen LogP contribution in [0.15, 0.2) is 66.0 Å². The van der Waals surface area contributed by atoms with E-state index in [0.29, 0.717) is 40.0 Å². The minimum atomic E-state index is -1.75. The molecule has 2 aliphatic rings. The summed E-state index contributed by atoms with van der Waals surface area (Å²) in [5.74, 6) is -3.79. The average Bonchev–Trinajstić information content (AvgIpc) is 3.73. The number of carbonyl (C=O) groups is 3. The van der Waals surface area contributed by atoms with E-state index in [1.807, 2.05) is 0 Å². The van der Waals surface area contributed by atoms with Crippen LogP contribution in [0.5, 0.6) is 0 Å². The molecule has 0 spiro atoms. The topological polar surface area (TPSA) is 122 Å². The molecular weight excluding hydrogens is 510 g/mol. The van der Waals surface area contributed by atoms with Crippen LogP contribution in [0.3, 0.4) is 0 Å². The van der Waals surface area contributed by atoms with Gasteiger partial charge in [-0.05, 0) is 66.6 Å². The second-order valence-electron chi connectivity index (χ2n) is 10.4. The van der Waals surface area contributed by atoms with Gasteiger partial charge in [0.2, 0.25) is 5.91 Å². The van der Waals surface area contributed by atoms with Gasteiger partial charge in [0, 0.05) is 11.8 Å². The SMILES string of the molecule is CC1(C(=O)O)C(c2ccc(C#N)cc2)C(C(=O)c2cccs2)C(c2ccc(C#N)cc2)N1C(=O)C1CCCC1. The first-order valence-corrected chi connectivity index (χ1v) is 13.8. The molecule has 1 aromatic heterocycles. The lowest BCUT2D eigenvalue weighted by Crippen LogP contribution is -2.55. The zero-order valence-electron chi connectivity index (χ0n) is 21.4. The molecule has 8 heteroatoms. The molecule has 2 heterocycles. The molecule has 0 bridgehead atoms. The third-order valence-corrected chi connectivity index (χ3v) is 9.19. The first kappa shape index (κ1) is 26.3. The third-order valence-electron chi connectivity index (χ3n) is 8.31. The van der Waals surface area contributed by atoms with Gasteiger partial charge in [-0.3, -0.25) is 9.59 Å². The lowest BCUT2D eigenvalue weighted by atomic mass is 9.72. The summed E-state index contributed by atoms with van der Waals surface area (Å²) in [5, 5.41) is 31.4. The second-order valence-corrected chi connectivity index (χ2v) is 11.3. The number of thiophene rings is 1. The molecule has 7 nitrogen and oxygen atoms in total. The van der Waals surface area contributed by atoms with Gasteiger partial charge in [-0.15, -0.1) is 11.3 Å². The maximum Gasteiger partial charge on any atom is 0.330 e. The smallest absolute Gasteiger partial charge is 0.330 e. The van der Waals surface area contributed by atoms with Gasteiger partial charge in [0.15, 0.2) is 5.78 Å². The number of carboxylic acids is 1. The minimum absolute atomic E-state index is 0.233. The van der Waals surface area contributed by atoms with Crippen molar-refractivity contribution in [2.45, 2.75) is 50.1 Å². The van der Waals surface area contributed by atoms with Crippen LogP contribution in [0.2, 0.25) is 0 Å². The van der Waals surface area contributed by atoms with Crippen LogP contribution in [-0.2, 0) is 9.59 Å². The minimum Gasteiger partial charge on any atom is -0.479 e. The fraction of sp³-hybridized carbons (Fsp3) is 0.323. The zero-order valence-corrected chi connectivity index (χ0v) is 22.2. The molecule has 3 aromatic rings. The van der Waals surface area contributed by atoms with Crippen molar-refractivity contribution < 1.29 is 19.5 Å². The number of likely N-dealkylation sites (tertiary alicyclic amines) is 1. The van der Waals surface area contributed by atoms with Gasteiger partial charge in [0.05, 0.1) is 40.1 Å². The van der Waals surface area contributed by atoms with Gasteiger partial charge in [-0.2, -0.15) is 10.5 Å². The van der Waals surface area contributed by atoms with Crippen LogP contribution in [0.25, 0.3) is 0 Å². The van der Waals surface area contributed by atoms with Crippen molar-refractivity contribution in [2.24, 2.45) is 11.8 Å². The first-order chi connectivity index (χ1) is 18.8. The highest BCUT2D eigenvalue weighted by Crippen LogP contribution is 2.57. The molecule has 2 aromatic carbocycles. The van der Waals surface area contributed by atoms with E-state index in [1.54, 1.807) is 73.0 Å². The Morgan fingerprint density at radius 3 is 1.97 bits per heavy atom. The molecule has 4 unspecified atom stereocenters. The van der Waals surface area contributed by atoms with Crippen LogP contribution in [0.4, 0.5) is 0 Å². The molecule has 2 fully saturated rings. The van der Waals surface area contributed by atoms with E-state index < -0.39 is 29.4 Å². The maximum atomic E-state index is 14.3. The van der Waals surface area contributed by atoms with Gasteiger partial charge in [0.25, 0.3) is 0 Å². The van der Waals surface area contributed by atoms with Crippen molar-refractivity contribution in [3.05, 3.63) is 93.2 Å². The molecule has 1 aliphatic heterocycles. The Morgan fingerprint density at radius 2 is 1.49 bits per heavy atom. The summed E-state index contributed by atoms with van der Waals surface area (Å²) in [5.41, 5.74) is 0.283. The Labute approximate surface area is 230 Å². The Hall–Kier alpha value is -4.27. The lowest BCUT2D eigenvalue weighted by molar-refractivity contribution is -0.159. The van der Waals surface area contributed by atoms with E-state index in [-0.39, 0.29) is 17.6 Å². The Balaban J connectivity index is 1.78. The number of nitrogens with zero attached hydrogens (tertiary/aromatic N) is 3. The molecule has 5 rings (SSSR count). The standard InChI is InChI=1S/C31H27N3O4S/c1-31(30(37)38)26(21-12-8-19(17-32)9-13-21)25(28(35)24-7-4-16-39-24)27(22-14-10-20(18-33)11-15-22)34(31)29(36)23-5-2-3-6-23/h4,7-16,23,25-27H,2-3,5-6H2,1H3,(H,37,38). The molecular formula is C31H27N3O4S. The summed E-state index contributed by atoms with van der Waals surface area (Å²) < 4.78 is 0. The number of rotatable bonds is 6. The number of ketones is 1. The van der Waals surface area contributed by atoms with Crippen molar-refractivity contribution in [1.82, 2.24) is 4.90 Å². The van der Waals surface area contributed by atoms with Crippen LogP contribution >= 0.6 is 11.3 Å². The van der Waals surface area contributed by atoms with Crippen molar-refractivity contribution in [3.63, 3.8) is 0 Å². The second kappa shape index (κ2) is 10.5. The molecule has 1 saturated heterocycles. The van der Waals surface area contributed by atoms with Crippen molar-refractivity contribution in [2.75, 3.05) is 0 Å². The van der Waals surface area contributed by atoms with Crippen LogP contribution in [-0.4, -0.2) is 33.2 Å². The van der Waals surface area contributed by atoms with E-state index in [9.17, 15) is 30.0 Å². The first-order valence-electron chi connectivity index (χ1n) is 13.0. The van der Waals surface area contributed by atoms with Crippen LogP contribution in [0, 0.1) is 34.5 Å². The summed E-state index contributed by atoms with van der Waals surface area (Å²) in [7, 11) is 0. The van der Waals surface area contributed by atoms with Gasteiger partial charge in [0.1, 0.15) is 5.54 Å². The van der Waals surface area contributed by atoms with Gasteiger partial charge in [-0.1, -0.05) is 43.2 Å². The number of benzene rings is 2. The summed E-state index contributed by atoms with van der Waals surface area (Å²) >= 11 is 1.28. The largest absolute Gasteiger partial charge is 0.479 e. The van der Waals surface area contributed by atoms with Crippen molar-refractivity contribution in [1.29, 1.82) is 10.5 Å². The Kier molecular flexibility index (Phi) is 7.08. The third kappa shape index (κ3) is 4.41. The lowest BCUT2D eigenvalue weighted by Gasteiger charge is -2.39. The van der Waals surface area contributed by atoms with Gasteiger partial charge in [-0.25, -0.2) is 4.79 Å². The van der Waals surface area contributed by atoms with E-state index in [0.717, 1.165) is 12.8 Å². The number of aliphatic carboxylic acids is 1. The molecule has 1 amide bonds. The highest BCUT2D eigenvalue weighted by Gasteiger charge is 2.65. The highest BCUT2D eigenvalue weighted by atomic mass is 32.1. The average molecular weight is 538 g/mol. The van der Waals surface area contributed by atoms with Gasteiger partial charge < -0.3 is 10.0 Å². The van der Waals surface area contributed by atoms with Crippen molar-refractivity contribution >= 4 is 29.0 Å². The summed E-state index contributed by atoms with van der Waals surface area (Å²) in [4.78, 5) is 43.8. The predicted octanol–water partition coefficient (Wildman–Crippen LogP) is 5.69. The van der Waals surface area contributed by atoms with E-state index in [4.69, 9.17) is 0 Å². The number of Topliss-reactive ketones (excluding diaryl/α,β-unsaturated/α-hetero) is 1. The van der Waals surface area contributed by atoms with Crippen molar-refractivity contribution in [3.8, 4) is 12.1 Å². The Bertz CT molecular complexity index is 1480. The van der Waals surface area contributed by atoms with Gasteiger partial charge >= 0.3 is 5.97 Å². The monoisotopic (exact) mass is 537 g/mol.